The molecule has 1 aliphatic carbocycles. The van der Waals surface area contributed by atoms with Crippen LogP contribution in [0.1, 0.15) is 31.2 Å². The lowest BCUT2D eigenvalue weighted by Gasteiger charge is -2.36. The molecule has 1 aromatic carbocycles. The van der Waals surface area contributed by atoms with Gasteiger partial charge in [-0.05, 0) is 43.4 Å². The number of halogens is 3. The van der Waals surface area contributed by atoms with E-state index in [0.29, 0.717) is 42.8 Å². The largest absolute Gasteiger partial charge is 0.489 e. The minimum absolute atomic E-state index is 0.110. The van der Waals surface area contributed by atoms with E-state index < -0.39 is 30.6 Å². The zero-order valence-corrected chi connectivity index (χ0v) is 18.1. The topological polar surface area (TPSA) is 100 Å². The zero-order valence-electron chi connectivity index (χ0n) is 18.1. The maximum Gasteiger partial charge on any atom is 0.405 e. The second kappa shape index (κ2) is 8.30. The Labute approximate surface area is 192 Å². The quantitative estimate of drug-likeness (QED) is 0.593. The Balaban J connectivity index is 1.29. The predicted molar refractivity (Wildman–Crippen MR) is 116 cm³/mol. The highest BCUT2D eigenvalue weighted by Gasteiger charge is 2.52. The third kappa shape index (κ3) is 4.06. The molecular weight excluding hydrogens is 451 g/mol. The Kier molecular flexibility index (Phi) is 5.41. The summed E-state index contributed by atoms with van der Waals surface area (Å²) in [5.41, 5.74) is 1.24. The van der Waals surface area contributed by atoms with Gasteiger partial charge in [0.25, 0.3) is 0 Å². The van der Waals surface area contributed by atoms with Gasteiger partial charge in [0.2, 0.25) is 11.8 Å². The van der Waals surface area contributed by atoms with Crippen molar-refractivity contribution in [3.05, 3.63) is 48.3 Å². The SMILES string of the molecule is O=C(CN1C(=O)C2(CCC(Oc3cnc4[nH]ncc4c3)CC2)c2ccccc21)NCC(F)(F)F. The van der Waals surface area contributed by atoms with E-state index in [1.165, 1.54) is 4.90 Å². The highest BCUT2D eigenvalue weighted by atomic mass is 19.4. The zero-order chi connectivity index (χ0) is 23.9. The number of hydrogen-bond donors (Lipinski definition) is 2. The van der Waals surface area contributed by atoms with Gasteiger partial charge in [-0.1, -0.05) is 18.2 Å². The summed E-state index contributed by atoms with van der Waals surface area (Å²) in [5, 5.41) is 9.42. The summed E-state index contributed by atoms with van der Waals surface area (Å²) >= 11 is 0. The van der Waals surface area contributed by atoms with E-state index in [0.717, 1.165) is 10.9 Å². The lowest BCUT2D eigenvalue weighted by Crippen LogP contribution is -2.48. The highest BCUT2D eigenvalue weighted by molar-refractivity contribution is 6.10. The first-order chi connectivity index (χ1) is 16.2. The number of nitrogens with zero attached hydrogens (tertiary/aromatic N) is 3. The highest BCUT2D eigenvalue weighted by Crippen LogP contribution is 2.50. The Hall–Kier alpha value is -3.63. The van der Waals surface area contributed by atoms with Gasteiger partial charge in [0.15, 0.2) is 5.65 Å². The number of amides is 2. The van der Waals surface area contributed by atoms with Crippen molar-refractivity contribution in [2.75, 3.05) is 18.0 Å². The van der Waals surface area contributed by atoms with E-state index in [1.807, 2.05) is 23.5 Å². The predicted octanol–water partition coefficient (Wildman–Crippen LogP) is 3.24. The Morgan fingerprint density at radius 1 is 1.24 bits per heavy atom. The fourth-order valence-corrected chi connectivity index (χ4v) is 4.91. The summed E-state index contributed by atoms with van der Waals surface area (Å²) in [7, 11) is 0. The molecule has 178 valence electrons. The number of benzene rings is 1. The van der Waals surface area contributed by atoms with E-state index in [2.05, 4.69) is 15.2 Å². The molecule has 34 heavy (non-hydrogen) atoms. The minimum Gasteiger partial charge on any atom is -0.489 e. The number of aromatic nitrogens is 3. The van der Waals surface area contributed by atoms with Crippen LogP contribution < -0.4 is 15.0 Å². The molecule has 2 amide bonds. The average Bonchev–Trinajstić information content (AvgIpc) is 3.36. The van der Waals surface area contributed by atoms with Crippen LogP contribution in [-0.2, 0) is 15.0 Å². The van der Waals surface area contributed by atoms with Crippen molar-refractivity contribution in [2.24, 2.45) is 0 Å². The van der Waals surface area contributed by atoms with Crippen LogP contribution in [0.3, 0.4) is 0 Å². The number of ether oxygens (including phenoxy) is 1. The Bertz CT molecular complexity index is 1230. The Morgan fingerprint density at radius 2 is 2.00 bits per heavy atom. The summed E-state index contributed by atoms with van der Waals surface area (Å²) in [6, 6.07) is 9.02. The smallest absolute Gasteiger partial charge is 0.405 e. The van der Waals surface area contributed by atoms with Crippen LogP contribution in [0.15, 0.2) is 42.7 Å². The number of para-hydroxylation sites is 1. The van der Waals surface area contributed by atoms with Crippen molar-refractivity contribution < 1.29 is 27.5 Å². The maximum absolute atomic E-state index is 13.5. The number of alkyl halides is 3. The molecule has 0 bridgehead atoms. The van der Waals surface area contributed by atoms with E-state index in [9.17, 15) is 22.8 Å². The molecule has 0 unspecified atom stereocenters. The van der Waals surface area contributed by atoms with E-state index >= 15 is 0 Å². The molecule has 1 aliphatic heterocycles. The van der Waals surface area contributed by atoms with Crippen molar-refractivity contribution in [2.45, 2.75) is 43.4 Å². The molecule has 1 saturated carbocycles. The molecule has 1 fully saturated rings. The maximum atomic E-state index is 13.5. The van der Waals surface area contributed by atoms with E-state index in [4.69, 9.17) is 4.74 Å². The molecule has 2 aliphatic rings. The summed E-state index contributed by atoms with van der Waals surface area (Å²) in [6.45, 7) is -1.89. The number of H-pyrrole nitrogens is 1. The first-order valence-electron chi connectivity index (χ1n) is 11.0. The monoisotopic (exact) mass is 473 g/mol. The number of carbonyl (C=O) groups excluding carboxylic acids is 2. The second-order valence-corrected chi connectivity index (χ2v) is 8.68. The summed E-state index contributed by atoms with van der Waals surface area (Å²) < 4.78 is 43.5. The molecule has 0 radical (unpaired) electrons. The van der Waals surface area contributed by atoms with Gasteiger partial charge in [0.1, 0.15) is 18.8 Å². The first kappa shape index (κ1) is 22.2. The molecule has 3 aromatic rings. The molecule has 2 N–H and O–H groups in total. The van der Waals surface area contributed by atoms with Gasteiger partial charge < -0.3 is 15.0 Å². The number of rotatable bonds is 5. The van der Waals surface area contributed by atoms with Gasteiger partial charge in [-0.25, -0.2) is 4.98 Å². The number of hydrogen-bond acceptors (Lipinski definition) is 5. The van der Waals surface area contributed by atoms with Crippen molar-refractivity contribution in [3.8, 4) is 5.75 Å². The number of pyridine rings is 1. The second-order valence-electron chi connectivity index (χ2n) is 8.68. The van der Waals surface area contributed by atoms with Crippen LogP contribution in [0.4, 0.5) is 18.9 Å². The number of fused-ring (bicyclic) bond motifs is 3. The van der Waals surface area contributed by atoms with Gasteiger partial charge in [-0.2, -0.15) is 18.3 Å². The molecule has 0 atom stereocenters. The van der Waals surface area contributed by atoms with Gasteiger partial charge in [0.05, 0.1) is 23.9 Å². The van der Waals surface area contributed by atoms with Crippen LogP contribution >= 0.6 is 0 Å². The van der Waals surface area contributed by atoms with Crippen LogP contribution in [0.25, 0.3) is 11.0 Å². The van der Waals surface area contributed by atoms with Crippen LogP contribution in [0.5, 0.6) is 5.75 Å². The lowest BCUT2D eigenvalue weighted by atomic mass is 9.69. The fraction of sp³-hybridized carbons (Fsp3) is 0.391. The summed E-state index contributed by atoms with van der Waals surface area (Å²) in [4.78, 5) is 31.3. The summed E-state index contributed by atoms with van der Waals surface area (Å²) in [6.07, 6.45) is 0.905. The number of carbonyl (C=O) groups is 2. The molecule has 5 rings (SSSR count). The van der Waals surface area contributed by atoms with Crippen molar-refractivity contribution in [1.29, 1.82) is 0 Å². The number of nitrogens with one attached hydrogen (secondary N) is 2. The molecule has 3 heterocycles. The van der Waals surface area contributed by atoms with Gasteiger partial charge in [0, 0.05) is 11.1 Å². The van der Waals surface area contributed by atoms with Crippen LogP contribution in [0.2, 0.25) is 0 Å². The van der Waals surface area contributed by atoms with Crippen molar-refractivity contribution in [1.82, 2.24) is 20.5 Å². The number of aromatic amines is 1. The van der Waals surface area contributed by atoms with Gasteiger partial charge in [-0.15, -0.1) is 0 Å². The minimum atomic E-state index is -4.51. The van der Waals surface area contributed by atoms with Crippen LogP contribution in [-0.4, -0.2) is 52.4 Å². The molecule has 8 nitrogen and oxygen atoms in total. The third-order valence-electron chi connectivity index (χ3n) is 6.51. The standard InChI is InChI=1S/C23H22F3N5O3/c24-23(25,26)13-28-19(32)12-31-18-4-2-1-3-17(18)22(21(31)33)7-5-15(6-8-22)34-16-9-14-10-29-30-20(14)27-11-16/h1-4,9-11,15H,5-8,12-13H2,(H,28,32)(H,27,29,30). The molecular formula is C23H22F3N5O3. The normalized spacial score (nSPS) is 22.3. The fourth-order valence-electron chi connectivity index (χ4n) is 4.91. The lowest BCUT2D eigenvalue weighted by molar-refractivity contribution is -0.138. The van der Waals surface area contributed by atoms with Gasteiger partial charge >= 0.3 is 6.18 Å². The molecule has 11 heteroatoms. The Morgan fingerprint density at radius 3 is 2.76 bits per heavy atom. The van der Waals surface area contributed by atoms with Crippen LogP contribution in [0, 0.1) is 0 Å². The van der Waals surface area contributed by atoms with E-state index in [-0.39, 0.29) is 12.0 Å². The van der Waals surface area contributed by atoms with Gasteiger partial charge in [-0.3, -0.25) is 14.7 Å². The molecule has 0 saturated heterocycles. The first-order valence-corrected chi connectivity index (χ1v) is 11.0. The molecule has 1 spiro atoms. The molecule has 2 aromatic heterocycles. The van der Waals surface area contributed by atoms with Crippen molar-refractivity contribution in [3.63, 3.8) is 0 Å². The van der Waals surface area contributed by atoms with E-state index in [1.54, 1.807) is 24.5 Å². The average molecular weight is 473 g/mol. The van der Waals surface area contributed by atoms with Crippen molar-refractivity contribution >= 4 is 28.5 Å². The summed E-state index contributed by atoms with van der Waals surface area (Å²) in [5.74, 6) is -0.483. The number of anilines is 1. The third-order valence-corrected chi connectivity index (χ3v) is 6.51.